The number of rotatable bonds is 5. The zero-order valence-corrected chi connectivity index (χ0v) is 17.3. The maximum atomic E-state index is 13.2. The highest BCUT2D eigenvalue weighted by molar-refractivity contribution is 7.89. The predicted octanol–water partition coefficient (Wildman–Crippen LogP) is 3.51. The number of anilines is 2. The molecule has 1 N–H and O–H groups in total. The van der Waals surface area contributed by atoms with Crippen molar-refractivity contribution in [2.24, 2.45) is 0 Å². The molecule has 1 fully saturated rings. The number of piperazine rings is 1. The van der Waals surface area contributed by atoms with Crippen molar-refractivity contribution in [3.63, 3.8) is 0 Å². The molecule has 1 aromatic heterocycles. The molecule has 1 aliphatic rings. The fourth-order valence-electron chi connectivity index (χ4n) is 3.34. The summed E-state index contributed by atoms with van der Waals surface area (Å²) in [5.41, 5.74) is 1.72. The lowest BCUT2D eigenvalue weighted by Gasteiger charge is -2.35. The molecule has 1 saturated heterocycles. The smallest absolute Gasteiger partial charge is 0.267 e. The third-order valence-corrected chi connectivity index (χ3v) is 7.83. The predicted molar refractivity (Wildman–Crippen MR) is 116 cm³/mol. The Kier molecular flexibility index (Phi) is 5.66. The third kappa shape index (κ3) is 4.19. The van der Waals surface area contributed by atoms with Gasteiger partial charge in [0.05, 0.1) is 0 Å². The Bertz CT molecular complexity index is 1070. The van der Waals surface area contributed by atoms with Crippen LogP contribution in [0.25, 0.3) is 0 Å². The maximum absolute atomic E-state index is 13.2. The lowest BCUT2D eigenvalue weighted by atomic mass is 10.2. The molecule has 2 heterocycles. The summed E-state index contributed by atoms with van der Waals surface area (Å²) in [4.78, 5) is 15.1. The quantitative estimate of drug-likeness (QED) is 0.677. The number of hydrogen-bond donors (Lipinski definition) is 1. The van der Waals surface area contributed by atoms with Crippen molar-refractivity contribution < 1.29 is 13.2 Å². The van der Waals surface area contributed by atoms with Crippen molar-refractivity contribution in [1.29, 1.82) is 0 Å². The van der Waals surface area contributed by atoms with Gasteiger partial charge in [0, 0.05) is 37.6 Å². The first-order chi connectivity index (χ1) is 14.1. The molecule has 0 saturated carbocycles. The lowest BCUT2D eigenvalue weighted by Crippen LogP contribution is -2.48. The summed E-state index contributed by atoms with van der Waals surface area (Å²) in [5.74, 6) is -0.410. The number of carbonyl (C=O) groups is 1. The highest BCUT2D eigenvalue weighted by Crippen LogP contribution is 2.27. The Labute approximate surface area is 174 Å². The number of nitrogens with zero attached hydrogens (tertiary/aromatic N) is 2. The van der Waals surface area contributed by atoms with Crippen molar-refractivity contribution in [3.05, 3.63) is 77.0 Å². The Balaban J connectivity index is 1.49. The second kappa shape index (κ2) is 8.36. The van der Waals surface area contributed by atoms with Crippen LogP contribution in [0.2, 0.25) is 0 Å². The molecular weight excluding hydrogens is 406 g/mol. The Morgan fingerprint density at radius 1 is 0.862 bits per heavy atom. The number of hydrogen-bond acceptors (Lipinski definition) is 5. The minimum Gasteiger partial charge on any atom is -0.369 e. The first-order valence-corrected chi connectivity index (χ1v) is 11.6. The van der Waals surface area contributed by atoms with Crippen LogP contribution in [0.4, 0.5) is 11.4 Å². The van der Waals surface area contributed by atoms with Gasteiger partial charge in [-0.25, -0.2) is 8.42 Å². The van der Waals surface area contributed by atoms with E-state index in [1.165, 1.54) is 10.4 Å². The van der Waals surface area contributed by atoms with Crippen molar-refractivity contribution >= 4 is 38.6 Å². The molecule has 3 aromatic rings. The second-order valence-electron chi connectivity index (χ2n) is 6.66. The van der Waals surface area contributed by atoms with Crippen LogP contribution in [-0.4, -0.2) is 44.8 Å². The van der Waals surface area contributed by atoms with Gasteiger partial charge >= 0.3 is 0 Å². The van der Waals surface area contributed by atoms with Crippen LogP contribution in [-0.2, 0) is 10.0 Å². The van der Waals surface area contributed by atoms with Gasteiger partial charge in [-0.1, -0.05) is 36.4 Å². The van der Waals surface area contributed by atoms with Crippen molar-refractivity contribution in [2.45, 2.75) is 4.90 Å². The van der Waals surface area contributed by atoms with Gasteiger partial charge in [-0.15, -0.1) is 11.3 Å². The van der Waals surface area contributed by atoms with E-state index in [0.29, 0.717) is 31.9 Å². The number of nitrogens with one attached hydrogen (secondary N) is 1. The molecule has 1 aliphatic heterocycles. The number of thiophene rings is 1. The standard InChI is InChI=1S/C21H21N3O3S2/c25-21(22-17-7-3-1-4-8-17)20-19(11-16-28-20)29(26,27)24-14-12-23(13-15-24)18-9-5-2-6-10-18/h1-11,16H,12-15H2,(H,22,25). The molecule has 0 bridgehead atoms. The number of amides is 1. The van der Waals surface area contributed by atoms with E-state index in [0.717, 1.165) is 17.0 Å². The number of carbonyl (C=O) groups excluding carboxylic acids is 1. The topological polar surface area (TPSA) is 69.7 Å². The van der Waals surface area contributed by atoms with Crippen LogP contribution in [0.5, 0.6) is 0 Å². The first-order valence-electron chi connectivity index (χ1n) is 9.30. The third-order valence-electron chi connectivity index (χ3n) is 4.84. The van der Waals surface area contributed by atoms with Gasteiger partial charge in [0.1, 0.15) is 9.77 Å². The van der Waals surface area contributed by atoms with E-state index in [4.69, 9.17) is 0 Å². The Morgan fingerprint density at radius 2 is 1.48 bits per heavy atom. The van der Waals surface area contributed by atoms with Gasteiger partial charge in [0.2, 0.25) is 10.0 Å². The van der Waals surface area contributed by atoms with Crippen LogP contribution in [0.15, 0.2) is 77.0 Å². The van der Waals surface area contributed by atoms with Crippen molar-refractivity contribution in [2.75, 3.05) is 36.4 Å². The van der Waals surface area contributed by atoms with Gasteiger partial charge in [-0.05, 0) is 35.7 Å². The van der Waals surface area contributed by atoms with Crippen LogP contribution < -0.4 is 10.2 Å². The van der Waals surface area contributed by atoms with Gasteiger partial charge < -0.3 is 10.2 Å². The zero-order chi connectivity index (χ0) is 20.3. The van der Waals surface area contributed by atoms with Crippen LogP contribution in [0.1, 0.15) is 9.67 Å². The highest BCUT2D eigenvalue weighted by atomic mass is 32.2. The van der Waals surface area contributed by atoms with Crippen molar-refractivity contribution in [1.82, 2.24) is 4.31 Å². The van der Waals surface area contributed by atoms with E-state index in [9.17, 15) is 13.2 Å². The lowest BCUT2D eigenvalue weighted by molar-refractivity contribution is 0.102. The molecule has 0 spiro atoms. The molecule has 8 heteroatoms. The molecule has 6 nitrogen and oxygen atoms in total. The van der Waals surface area contributed by atoms with Crippen LogP contribution >= 0.6 is 11.3 Å². The summed E-state index contributed by atoms with van der Waals surface area (Å²) in [5, 5.41) is 4.41. The molecule has 0 aliphatic carbocycles. The molecule has 29 heavy (non-hydrogen) atoms. The van der Waals surface area contributed by atoms with E-state index in [2.05, 4.69) is 10.2 Å². The largest absolute Gasteiger partial charge is 0.369 e. The molecule has 0 unspecified atom stereocenters. The van der Waals surface area contributed by atoms with Gasteiger partial charge in [0.15, 0.2) is 0 Å². The summed E-state index contributed by atoms with van der Waals surface area (Å²) >= 11 is 1.14. The fraction of sp³-hybridized carbons (Fsp3) is 0.190. The maximum Gasteiger partial charge on any atom is 0.267 e. The second-order valence-corrected chi connectivity index (χ2v) is 9.48. The number of benzene rings is 2. The minimum absolute atomic E-state index is 0.0732. The SMILES string of the molecule is O=C(Nc1ccccc1)c1sccc1S(=O)(=O)N1CCN(c2ccccc2)CC1. The zero-order valence-electron chi connectivity index (χ0n) is 15.7. The van der Waals surface area contributed by atoms with E-state index >= 15 is 0 Å². The van der Waals surface area contributed by atoms with Crippen LogP contribution in [0, 0.1) is 0 Å². The molecule has 150 valence electrons. The van der Waals surface area contributed by atoms with Crippen LogP contribution in [0.3, 0.4) is 0 Å². The fourth-order valence-corrected chi connectivity index (χ4v) is 6.06. The summed E-state index contributed by atoms with van der Waals surface area (Å²) in [6, 6.07) is 20.5. The molecule has 0 atom stereocenters. The van der Waals surface area contributed by atoms with E-state index in [1.807, 2.05) is 48.5 Å². The number of para-hydroxylation sites is 2. The highest BCUT2D eigenvalue weighted by Gasteiger charge is 2.32. The summed E-state index contributed by atoms with van der Waals surface area (Å²) in [7, 11) is -3.74. The van der Waals surface area contributed by atoms with Gasteiger partial charge in [-0.3, -0.25) is 4.79 Å². The molecule has 2 aromatic carbocycles. The summed E-state index contributed by atoms with van der Waals surface area (Å²) in [6.07, 6.45) is 0. The Hall–Kier alpha value is -2.68. The average Bonchev–Trinajstić information content (AvgIpc) is 3.26. The van der Waals surface area contributed by atoms with Crippen molar-refractivity contribution in [3.8, 4) is 0 Å². The van der Waals surface area contributed by atoms with Gasteiger partial charge in [-0.2, -0.15) is 4.31 Å². The summed E-state index contributed by atoms with van der Waals surface area (Å²) in [6.45, 7) is 1.98. The van der Waals surface area contributed by atoms with E-state index in [1.54, 1.807) is 17.5 Å². The number of sulfonamides is 1. The van der Waals surface area contributed by atoms with Gasteiger partial charge in [0.25, 0.3) is 5.91 Å². The van der Waals surface area contributed by atoms with E-state index in [-0.39, 0.29) is 9.77 Å². The minimum atomic E-state index is -3.74. The monoisotopic (exact) mass is 427 g/mol. The molecule has 1 amide bonds. The summed E-state index contributed by atoms with van der Waals surface area (Å²) < 4.78 is 27.9. The molecular formula is C21H21N3O3S2. The Morgan fingerprint density at radius 3 is 2.14 bits per heavy atom. The first kappa shape index (κ1) is 19.6. The molecule has 4 rings (SSSR count). The normalized spacial score (nSPS) is 15.2. The average molecular weight is 428 g/mol. The molecule has 0 radical (unpaired) electrons. The van der Waals surface area contributed by atoms with E-state index < -0.39 is 15.9 Å².